The van der Waals surface area contributed by atoms with Gasteiger partial charge in [0.05, 0.1) is 4.90 Å². The van der Waals surface area contributed by atoms with Crippen molar-refractivity contribution in [3.63, 3.8) is 0 Å². The van der Waals surface area contributed by atoms with Crippen LogP contribution < -0.4 is 15.6 Å². The van der Waals surface area contributed by atoms with E-state index in [0.717, 1.165) is 38.5 Å². The smallest absolute Gasteiger partial charge is 0.309 e. The number of hydrogen-bond donors (Lipinski definition) is 2. The molecule has 0 fully saturated rings. The zero-order valence-electron chi connectivity index (χ0n) is 24.1. The summed E-state index contributed by atoms with van der Waals surface area (Å²) >= 11 is 0. The highest BCUT2D eigenvalue weighted by molar-refractivity contribution is 7.85. The quantitative estimate of drug-likeness (QED) is 0.226. The number of fused-ring (bicyclic) bond motifs is 6. The summed E-state index contributed by atoms with van der Waals surface area (Å²) in [5.41, 5.74) is 11.4. The maximum Gasteiger partial charge on any atom is 0.309 e. The molecule has 0 bridgehead atoms. The Morgan fingerprint density at radius 3 is 2.28 bits per heavy atom. The molecule has 0 saturated carbocycles. The van der Waals surface area contributed by atoms with Gasteiger partial charge in [0.25, 0.3) is 5.91 Å². The molecule has 0 atom stereocenters. The summed E-state index contributed by atoms with van der Waals surface area (Å²) in [6.45, 7) is 6.23. The molecular weight excluding hydrogens is 562 g/mol. The molecule has 0 radical (unpaired) electrons. The Kier molecular flexibility index (Phi) is 7.21. The van der Waals surface area contributed by atoms with E-state index in [9.17, 15) is 17.8 Å². The molecular formula is C33H31N5O4S. The summed E-state index contributed by atoms with van der Waals surface area (Å²) in [6, 6.07) is 26.3. The van der Waals surface area contributed by atoms with Gasteiger partial charge in [-0.3, -0.25) is 4.79 Å². The summed E-state index contributed by atoms with van der Waals surface area (Å²) in [5.74, 6) is -0.0606. The van der Waals surface area contributed by atoms with E-state index in [1.807, 2.05) is 40.3 Å². The van der Waals surface area contributed by atoms with Gasteiger partial charge in [-0.05, 0) is 60.2 Å². The minimum atomic E-state index is -4.33. The van der Waals surface area contributed by atoms with Crippen molar-refractivity contribution >= 4 is 65.2 Å². The highest BCUT2D eigenvalue weighted by Gasteiger charge is 2.25. The zero-order chi connectivity index (χ0) is 30.5. The topological polar surface area (TPSA) is 134 Å². The molecule has 0 unspecified atom stereocenters. The Labute approximate surface area is 248 Å². The van der Waals surface area contributed by atoms with Crippen molar-refractivity contribution in [2.45, 2.75) is 32.2 Å². The van der Waals surface area contributed by atoms with E-state index in [-0.39, 0.29) is 17.3 Å². The second-order valence-corrected chi connectivity index (χ2v) is 12.1. The van der Waals surface area contributed by atoms with Crippen LogP contribution in [0.25, 0.3) is 49.1 Å². The lowest BCUT2D eigenvalue weighted by atomic mass is 10.1. The molecule has 2 aromatic heterocycles. The van der Waals surface area contributed by atoms with Gasteiger partial charge in [-0.1, -0.05) is 75.8 Å². The maximum absolute atomic E-state index is 12.5. The first-order valence-corrected chi connectivity index (χ1v) is 15.4. The highest BCUT2D eigenvalue weighted by atomic mass is 32.2. The molecule has 7 rings (SSSR count). The second kappa shape index (κ2) is 10.9. The zero-order valence-corrected chi connectivity index (χ0v) is 24.9. The molecule has 0 aliphatic heterocycles. The van der Waals surface area contributed by atoms with Gasteiger partial charge in [-0.2, -0.15) is 0 Å². The third-order valence-electron chi connectivity index (χ3n) is 7.70. The first kappa shape index (κ1) is 28.5. The molecule has 0 spiro atoms. The number of rotatable bonds is 5. The van der Waals surface area contributed by atoms with Gasteiger partial charge < -0.3 is 15.6 Å². The number of aromatic nitrogens is 3. The molecule has 3 N–H and O–H groups in total. The lowest BCUT2D eigenvalue weighted by Crippen LogP contribution is -2.44. The number of carbonyl (C=O) groups is 1. The van der Waals surface area contributed by atoms with E-state index >= 15 is 0 Å². The number of nitrogens with two attached hydrogens (primary N) is 1. The number of benzene rings is 4. The van der Waals surface area contributed by atoms with E-state index in [2.05, 4.69) is 47.8 Å². The van der Waals surface area contributed by atoms with Gasteiger partial charge in [0.1, 0.15) is 15.6 Å². The van der Waals surface area contributed by atoms with Crippen LogP contribution in [0.1, 0.15) is 16.7 Å². The summed E-state index contributed by atoms with van der Waals surface area (Å²) in [5, 5.41) is 13.8. The third kappa shape index (κ3) is 5.03. The number of hydrogen-bond acceptors (Lipinski definition) is 6. The Hall–Kier alpha value is -4.64. The first-order chi connectivity index (χ1) is 20.6. The van der Waals surface area contributed by atoms with Crippen LogP contribution in [-0.2, 0) is 21.5 Å². The predicted molar refractivity (Wildman–Crippen MR) is 167 cm³/mol. The summed E-state index contributed by atoms with van der Waals surface area (Å²) in [4.78, 5) is 12.4. The predicted octanol–water partition coefficient (Wildman–Crippen LogP) is 4.26. The second-order valence-electron chi connectivity index (χ2n) is 10.8. The lowest BCUT2D eigenvalue weighted by molar-refractivity contribution is -0.632. The van der Waals surface area contributed by atoms with E-state index in [4.69, 9.17) is 10.8 Å². The third-order valence-corrected chi connectivity index (χ3v) is 8.84. The minimum Gasteiger partial charge on any atom is -0.744 e. The Bertz CT molecular complexity index is 2260. The van der Waals surface area contributed by atoms with Crippen LogP contribution in [0.15, 0.2) is 83.8 Å². The van der Waals surface area contributed by atoms with Gasteiger partial charge >= 0.3 is 5.65 Å². The van der Waals surface area contributed by atoms with Crippen molar-refractivity contribution in [1.82, 2.24) is 14.9 Å². The van der Waals surface area contributed by atoms with Crippen LogP contribution in [0, 0.1) is 20.8 Å². The standard InChI is InChI=1S/C24H19N5O.C9H12O3S/c25-11-12-26-21(30)14-28-19-9-1-2-10-20(19)29-22(28)13-18-16-7-3-5-15-6-4-8-17(23(15)16)24(18)27-29;1-6-4-7(2)9(8(3)5-6)13(10,11)12/h1-10,13H,11-12,14,25H2;4-5H,1-3H3,(H,10,11,12). The van der Waals surface area contributed by atoms with Gasteiger partial charge in [0.15, 0.2) is 12.1 Å². The van der Waals surface area contributed by atoms with Gasteiger partial charge in [0.2, 0.25) is 5.52 Å². The minimum absolute atomic E-state index is 0.0606. The van der Waals surface area contributed by atoms with Gasteiger partial charge in [-0.15, -0.1) is 0 Å². The van der Waals surface area contributed by atoms with Crippen molar-refractivity contribution in [3.05, 3.63) is 95.6 Å². The van der Waals surface area contributed by atoms with E-state index < -0.39 is 10.1 Å². The monoisotopic (exact) mass is 593 g/mol. The number of aryl methyl sites for hydroxylation is 3. The number of amides is 1. The number of nitrogens with zero attached hydrogens (tertiary/aromatic N) is 3. The molecule has 1 amide bonds. The van der Waals surface area contributed by atoms with Crippen LogP contribution >= 0.6 is 0 Å². The van der Waals surface area contributed by atoms with Crippen LogP contribution in [0.5, 0.6) is 0 Å². The highest BCUT2D eigenvalue weighted by Crippen LogP contribution is 2.37. The average Bonchev–Trinajstić information content (AvgIpc) is 3.43. The molecule has 43 heavy (non-hydrogen) atoms. The summed E-state index contributed by atoms with van der Waals surface area (Å²) < 4.78 is 36.5. The van der Waals surface area contributed by atoms with Crippen LogP contribution in [-0.4, -0.2) is 41.6 Å². The van der Waals surface area contributed by atoms with Crippen LogP contribution in [0.4, 0.5) is 0 Å². The number of para-hydroxylation sites is 2. The van der Waals surface area contributed by atoms with E-state index in [1.165, 1.54) is 16.2 Å². The lowest BCUT2D eigenvalue weighted by Gasteiger charge is -2.14. The van der Waals surface area contributed by atoms with Crippen molar-refractivity contribution in [1.29, 1.82) is 0 Å². The number of imidazole rings is 1. The van der Waals surface area contributed by atoms with Gasteiger partial charge in [0, 0.05) is 29.9 Å². The van der Waals surface area contributed by atoms with E-state index in [1.54, 1.807) is 26.0 Å². The SMILES string of the molecule is Cc1cc(C)c(S(=O)(=O)[O-])c(C)c1.NCCNC(=O)C[n+]1c2ccccc2n2nc3c(cc21)c1cccc2cccc3c21. The van der Waals surface area contributed by atoms with Gasteiger partial charge in [-0.25, -0.2) is 13.0 Å². The average molecular weight is 594 g/mol. The Balaban J connectivity index is 0.000000214. The fourth-order valence-electron chi connectivity index (χ4n) is 6.13. The van der Waals surface area contributed by atoms with Crippen molar-refractivity contribution in [2.75, 3.05) is 13.1 Å². The number of carbonyl (C=O) groups excluding carboxylic acids is 1. The molecule has 0 saturated heterocycles. The molecule has 9 nitrogen and oxygen atoms in total. The normalized spacial score (nSPS) is 11.9. The van der Waals surface area contributed by atoms with Crippen molar-refractivity contribution < 1.29 is 22.3 Å². The fraction of sp³-hybridized carbons (Fsp3) is 0.182. The molecule has 7 aromatic rings. The Morgan fingerprint density at radius 1 is 0.930 bits per heavy atom. The molecule has 0 aliphatic rings. The molecule has 10 heteroatoms. The number of nitrogens with one attached hydrogen (secondary N) is 1. The molecule has 2 heterocycles. The largest absolute Gasteiger partial charge is 0.744 e. The molecule has 0 aliphatic carbocycles. The first-order valence-electron chi connectivity index (χ1n) is 14.0. The fourth-order valence-corrected chi connectivity index (χ4v) is 7.04. The van der Waals surface area contributed by atoms with E-state index in [0.29, 0.717) is 24.2 Å². The Morgan fingerprint density at radius 2 is 1.60 bits per heavy atom. The van der Waals surface area contributed by atoms with Crippen molar-refractivity contribution in [3.8, 4) is 0 Å². The molecule has 218 valence electrons. The molecule has 5 aromatic carbocycles. The van der Waals surface area contributed by atoms with Crippen LogP contribution in [0.2, 0.25) is 0 Å². The van der Waals surface area contributed by atoms with Crippen LogP contribution in [0.3, 0.4) is 0 Å². The maximum atomic E-state index is 12.5. The summed E-state index contributed by atoms with van der Waals surface area (Å²) in [7, 11) is -4.33. The summed E-state index contributed by atoms with van der Waals surface area (Å²) in [6.07, 6.45) is 0. The van der Waals surface area contributed by atoms with Crippen molar-refractivity contribution in [2.24, 2.45) is 5.73 Å².